The van der Waals surface area contributed by atoms with Crippen molar-refractivity contribution in [1.82, 2.24) is 5.32 Å². The van der Waals surface area contributed by atoms with Crippen LogP contribution in [-0.4, -0.2) is 6.54 Å². The average molecular weight is 215 g/mol. The van der Waals surface area contributed by atoms with Crippen LogP contribution < -0.4 is 5.32 Å². The molecule has 1 aromatic rings. The highest BCUT2D eigenvalue weighted by Crippen LogP contribution is 2.19. The fraction of sp³-hybridized carbons (Fsp3) is 0.467. The maximum atomic E-state index is 5.30. The summed E-state index contributed by atoms with van der Waals surface area (Å²) in [5.41, 5.74) is 1.34. The van der Waals surface area contributed by atoms with Crippen molar-refractivity contribution in [3.8, 4) is 12.3 Å². The van der Waals surface area contributed by atoms with Crippen molar-refractivity contribution >= 4 is 0 Å². The molecule has 1 atom stereocenters. The first-order valence-electron chi connectivity index (χ1n) is 6.10. The van der Waals surface area contributed by atoms with E-state index in [-0.39, 0.29) is 0 Å². The molecule has 0 saturated heterocycles. The van der Waals surface area contributed by atoms with Gasteiger partial charge in [0.15, 0.2) is 0 Å². The lowest BCUT2D eigenvalue weighted by atomic mass is 10.0. The van der Waals surface area contributed by atoms with E-state index in [9.17, 15) is 0 Å². The number of unbranched alkanes of at least 4 members (excludes halogenated alkanes) is 2. The van der Waals surface area contributed by atoms with Crippen LogP contribution in [0.2, 0.25) is 0 Å². The summed E-state index contributed by atoms with van der Waals surface area (Å²) in [6, 6.07) is 11.0. The van der Waals surface area contributed by atoms with E-state index in [0.717, 1.165) is 0 Å². The Morgan fingerprint density at radius 1 is 1.25 bits per heavy atom. The largest absolute Gasteiger partial charge is 0.299 e. The Kier molecular flexibility index (Phi) is 6.37. The second-order valence-electron chi connectivity index (χ2n) is 4.04. The number of hydrogen-bond acceptors (Lipinski definition) is 1. The van der Waals surface area contributed by atoms with Gasteiger partial charge < -0.3 is 0 Å². The lowest BCUT2D eigenvalue weighted by Gasteiger charge is -2.17. The molecule has 0 saturated carbocycles. The molecule has 1 nitrogen and oxygen atoms in total. The van der Waals surface area contributed by atoms with Crippen LogP contribution in [0.25, 0.3) is 0 Å². The van der Waals surface area contributed by atoms with Gasteiger partial charge in [0.25, 0.3) is 0 Å². The quantitative estimate of drug-likeness (QED) is 0.542. The summed E-state index contributed by atoms with van der Waals surface area (Å²) in [6.45, 7) is 2.87. The summed E-state index contributed by atoms with van der Waals surface area (Å²) >= 11 is 0. The van der Waals surface area contributed by atoms with Crippen LogP contribution >= 0.6 is 0 Å². The number of terminal acetylenes is 1. The molecule has 0 spiro atoms. The van der Waals surface area contributed by atoms with E-state index in [2.05, 4.69) is 42.4 Å². The Morgan fingerprint density at radius 2 is 2.00 bits per heavy atom. The summed E-state index contributed by atoms with van der Waals surface area (Å²) in [5, 5.41) is 3.41. The Morgan fingerprint density at radius 3 is 2.62 bits per heavy atom. The molecule has 0 aromatic heterocycles. The normalized spacial score (nSPS) is 12.0. The Bertz CT molecular complexity index is 310. The van der Waals surface area contributed by atoms with Gasteiger partial charge in [-0.2, -0.15) is 0 Å². The van der Waals surface area contributed by atoms with Gasteiger partial charge in [0, 0.05) is 6.04 Å². The highest BCUT2D eigenvalue weighted by Gasteiger charge is 2.08. The Balaban J connectivity index is 2.53. The summed E-state index contributed by atoms with van der Waals surface area (Å²) in [7, 11) is 0. The van der Waals surface area contributed by atoms with Crippen molar-refractivity contribution in [2.24, 2.45) is 0 Å². The maximum Gasteiger partial charge on any atom is 0.0578 e. The minimum atomic E-state index is 0.406. The number of rotatable bonds is 7. The first-order chi connectivity index (χ1) is 7.88. The average Bonchev–Trinajstić information content (AvgIpc) is 2.35. The first-order valence-corrected chi connectivity index (χ1v) is 6.10. The van der Waals surface area contributed by atoms with Gasteiger partial charge in [-0.3, -0.25) is 5.32 Å². The molecule has 1 N–H and O–H groups in total. The first kappa shape index (κ1) is 12.8. The van der Waals surface area contributed by atoms with Gasteiger partial charge >= 0.3 is 0 Å². The third-order valence-electron chi connectivity index (χ3n) is 2.75. The molecule has 0 aliphatic heterocycles. The van der Waals surface area contributed by atoms with Gasteiger partial charge in [0.1, 0.15) is 0 Å². The molecule has 1 heteroatoms. The van der Waals surface area contributed by atoms with Gasteiger partial charge in [-0.1, -0.05) is 62.4 Å². The van der Waals surface area contributed by atoms with E-state index in [1.807, 2.05) is 6.07 Å². The summed E-state index contributed by atoms with van der Waals surface area (Å²) in [6.07, 6.45) is 10.3. The highest BCUT2D eigenvalue weighted by atomic mass is 14.9. The topological polar surface area (TPSA) is 12.0 Å². The molecule has 0 amide bonds. The van der Waals surface area contributed by atoms with Crippen LogP contribution in [0.4, 0.5) is 0 Å². The molecule has 0 aliphatic rings. The van der Waals surface area contributed by atoms with E-state index in [1.54, 1.807) is 0 Å². The Labute approximate surface area is 99.3 Å². The van der Waals surface area contributed by atoms with E-state index in [0.29, 0.717) is 12.6 Å². The van der Waals surface area contributed by atoms with Crippen molar-refractivity contribution in [2.45, 2.75) is 38.6 Å². The predicted molar refractivity (Wildman–Crippen MR) is 70.2 cm³/mol. The molecule has 86 valence electrons. The van der Waals surface area contributed by atoms with Gasteiger partial charge in [-0.15, -0.1) is 6.42 Å². The van der Waals surface area contributed by atoms with Crippen molar-refractivity contribution in [3.63, 3.8) is 0 Å². The van der Waals surface area contributed by atoms with E-state index >= 15 is 0 Å². The lowest BCUT2D eigenvalue weighted by Crippen LogP contribution is -2.21. The van der Waals surface area contributed by atoms with Crippen LogP contribution in [0.5, 0.6) is 0 Å². The molecule has 0 heterocycles. The molecule has 1 aromatic carbocycles. The third-order valence-corrected chi connectivity index (χ3v) is 2.75. The summed E-state index contributed by atoms with van der Waals surface area (Å²) in [5.74, 6) is 2.65. The lowest BCUT2D eigenvalue weighted by molar-refractivity contribution is 0.498. The second-order valence-corrected chi connectivity index (χ2v) is 4.04. The molecule has 0 fully saturated rings. The van der Waals surface area contributed by atoms with Gasteiger partial charge in [0.05, 0.1) is 6.54 Å². The molecular formula is C15H21N. The zero-order chi connectivity index (χ0) is 11.6. The fourth-order valence-electron chi connectivity index (χ4n) is 1.85. The van der Waals surface area contributed by atoms with Gasteiger partial charge in [0.2, 0.25) is 0 Å². The molecule has 1 rings (SSSR count). The van der Waals surface area contributed by atoms with Gasteiger partial charge in [-0.25, -0.2) is 0 Å². The Hall–Kier alpha value is -1.26. The van der Waals surface area contributed by atoms with E-state index in [4.69, 9.17) is 6.42 Å². The zero-order valence-electron chi connectivity index (χ0n) is 10.1. The van der Waals surface area contributed by atoms with Crippen LogP contribution in [0, 0.1) is 12.3 Å². The van der Waals surface area contributed by atoms with Crippen molar-refractivity contribution in [3.05, 3.63) is 35.9 Å². The minimum Gasteiger partial charge on any atom is -0.299 e. The minimum absolute atomic E-state index is 0.406. The van der Waals surface area contributed by atoms with E-state index in [1.165, 1.54) is 31.2 Å². The SMILES string of the molecule is C#CCNC(CCCCC)c1ccccc1. The van der Waals surface area contributed by atoms with Crippen LogP contribution in [0.15, 0.2) is 30.3 Å². The summed E-state index contributed by atoms with van der Waals surface area (Å²) in [4.78, 5) is 0. The monoisotopic (exact) mass is 215 g/mol. The van der Waals surface area contributed by atoms with E-state index < -0.39 is 0 Å². The number of benzene rings is 1. The predicted octanol–water partition coefficient (Wildman–Crippen LogP) is 3.53. The zero-order valence-corrected chi connectivity index (χ0v) is 10.1. The van der Waals surface area contributed by atoms with Crippen molar-refractivity contribution in [2.75, 3.05) is 6.54 Å². The number of nitrogens with one attached hydrogen (secondary N) is 1. The standard InChI is InChI=1S/C15H21N/c1-3-5-7-12-15(16-13-4-2)14-10-8-6-9-11-14/h2,6,8-11,15-16H,3,5,7,12-13H2,1H3. The molecular weight excluding hydrogens is 194 g/mol. The van der Waals surface area contributed by atoms with Crippen molar-refractivity contribution in [1.29, 1.82) is 0 Å². The summed E-state index contributed by atoms with van der Waals surface area (Å²) < 4.78 is 0. The maximum absolute atomic E-state index is 5.30. The fourth-order valence-corrected chi connectivity index (χ4v) is 1.85. The smallest absolute Gasteiger partial charge is 0.0578 e. The van der Waals surface area contributed by atoms with Gasteiger partial charge in [-0.05, 0) is 12.0 Å². The molecule has 0 bridgehead atoms. The number of hydrogen-bond donors (Lipinski definition) is 1. The molecule has 1 unspecified atom stereocenters. The highest BCUT2D eigenvalue weighted by molar-refractivity contribution is 5.19. The molecule has 16 heavy (non-hydrogen) atoms. The van der Waals surface area contributed by atoms with Crippen LogP contribution in [0.3, 0.4) is 0 Å². The van der Waals surface area contributed by atoms with Crippen molar-refractivity contribution < 1.29 is 0 Å². The second kappa shape index (κ2) is 7.96. The third kappa shape index (κ3) is 4.51. The van der Waals surface area contributed by atoms with Crippen LogP contribution in [0.1, 0.15) is 44.2 Å². The van der Waals surface area contributed by atoms with Crippen LogP contribution in [-0.2, 0) is 0 Å². The molecule has 0 radical (unpaired) electrons. The molecule has 0 aliphatic carbocycles.